The number of hydrogen-bond acceptors (Lipinski definition) is 4. The van der Waals surface area contributed by atoms with Crippen LogP contribution in [0.1, 0.15) is 31.9 Å². The van der Waals surface area contributed by atoms with Crippen LogP contribution in [0.4, 0.5) is 0 Å². The Hall–Kier alpha value is -0.500. The number of H-pyrrole nitrogens is 1. The van der Waals surface area contributed by atoms with Gasteiger partial charge in [0.25, 0.3) is 0 Å². The zero-order valence-corrected chi connectivity index (χ0v) is 13.4. The first kappa shape index (κ1) is 15.9. The maximum atomic E-state index is 12.3. The summed E-state index contributed by atoms with van der Waals surface area (Å²) < 4.78 is 27.4. The second kappa shape index (κ2) is 7.49. The Kier molecular flexibility index (Phi) is 5.95. The summed E-state index contributed by atoms with van der Waals surface area (Å²) in [4.78, 5) is 3.36. The molecule has 0 saturated carbocycles. The number of sulfonamides is 1. The predicted molar refractivity (Wildman–Crippen MR) is 83.5 cm³/mol. The Morgan fingerprint density at radius 1 is 1.40 bits per heavy atom. The van der Waals surface area contributed by atoms with E-state index in [0.717, 1.165) is 43.0 Å². The van der Waals surface area contributed by atoms with Gasteiger partial charge < -0.3 is 10.3 Å². The maximum absolute atomic E-state index is 12.3. The zero-order valence-electron chi connectivity index (χ0n) is 11.8. The molecular weight excluding hydrogens is 294 g/mol. The third-order valence-electron chi connectivity index (χ3n) is 3.31. The maximum Gasteiger partial charge on any atom is 0.242 e. The van der Waals surface area contributed by atoms with Gasteiger partial charge in [0.05, 0.1) is 4.90 Å². The molecule has 114 valence electrons. The molecule has 0 amide bonds. The molecule has 2 rings (SSSR count). The molecule has 0 atom stereocenters. The minimum absolute atomic E-state index is 0.0813. The van der Waals surface area contributed by atoms with Crippen molar-refractivity contribution in [3.8, 4) is 0 Å². The quantitative estimate of drug-likeness (QED) is 0.669. The van der Waals surface area contributed by atoms with Crippen LogP contribution in [-0.2, 0) is 16.6 Å². The number of aromatic amines is 1. The van der Waals surface area contributed by atoms with Crippen LogP contribution in [0.2, 0.25) is 0 Å². The summed E-state index contributed by atoms with van der Waals surface area (Å²) in [5, 5.41) is 3.25. The number of hydrogen-bond donors (Lipinski definition) is 3. The molecule has 0 spiro atoms. The Balaban J connectivity index is 1.94. The molecule has 0 aromatic carbocycles. The van der Waals surface area contributed by atoms with Crippen molar-refractivity contribution in [1.82, 2.24) is 15.0 Å². The van der Waals surface area contributed by atoms with Gasteiger partial charge in [-0.15, -0.1) is 0 Å². The summed E-state index contributed by atoms with van der Waals surface area (Å²) in [5.74, 6) is 2.07. The van der Waals surface area contributed by atoms with Gasteiger partial charge in [-0.25, -0.2) is 13.1 Å². The molecule has 1 fully saturated rings. The normalized spacial score (nSPS) is 17.4. The van der Waals surface area contributed by atoms with Gasteiger partial charge in [0.2, 0.25) is 10.0 Å². The molecule has 1 aliphatic rings. The van der Waals surface area contributed by atoms with Gasteiger partial charge in [-0.1, -0.05) is 6.92 Å². The summed E-state index contributed by atoms with van der Waals surface area (Å²) in [5.41, 5.74) is 0.901. The fraction of sp³-hybridized carbons (Fsp3) is 0.692. The second-order valence-electron chi connectivity index (χ2n) is 5.05. The Morgan fingerprint density at radius 3 is 2.85 bits per heavy atom. The van der Waals surface area contributed by atoms with Gasteiger partial charge in [0.15, 0.2) is 0 Å². The van der Waals surface area contributed by atoms with E-state index < -0.39 is 10.0 Å². The van der Waals surface area contributed by atoms with Crippen molar-refractivity contribution < 1.29 is 8.42 Å². The molecule has 1 saturated heterocycles. The highest BCUT2D eigenvalue weighted by atomic mass is 32.2. The van der Waals surface area contributed by atoms with Gasteiger partial charge >= 0.3 is 0 Å². The molecule has 0 unspecified atom stereocenters. The van der Waals surface area contributed by atoms with Gasteiger partial charge in [-0.3, -0.25) is 0 Å². The number of thioether (sulfide) groups is 1. The SMILES string of the molecule is CCCNCc1cc(S(=O)(=O)NC2CCSCC2)c[nH]1. The first-order valence-corrected chi connectivity index (χ1v) is 9.73. The number of nitrogens with one attached hydrogen (secondary N) is 3. The van der Waals surface area contributed by atoms with Crippen molar-refractivity contribution in [2.45, 2.75) is 43.7 Å². The van der Waals surface area contributed by atoms with E-state index in [9.17, 15) is 8.42 Å². The van der Waals surface area contributed by atoms with Gasteiger partial charge in [0, 0.05) is 24.5 Å². The molecule has 20 heavy (non-hydrogen) atoms. The highest BCUT2D eigenvalue weighted by Gasteiger charge is 2.22. The average molecular weight is 317 g/mol. The third kappa shape index (κ3) is 4.51. The molecule has 1 aliphatic heterocycles. The average Bonchev–Trinajstić information content (AvgIpc) is 2.89. The van der Waals surface area contributed by atoms with Crippen LogP contribution in [0.15, 0.2) is 17.2 Å². The summed E-state index contributed by atoms with van der Waals surface area (Å²) in [7, 11) is -3.39. The standard InChI is InChI=1S/C13H23N3O2S2/c1-2-5-14-9-12-8-13(10-15-12)20(17,18)16-11-3-6-19-7-4-11/h8,10-11,14-16H,2-7,9H2,1H3. The Bertz CT molecular complexity index is 507. The second-order valence-corrected chi connectivity index (χ2v) is 7.98. The molecule has 0 bridgehead atoms. The van der Waals surface area contributed by atoms with Crippen molar-refractivity contribution in [2.75, 3.05) is 18.1 Å². The Labute approximate surface area is 125 Å². The largest absolute Gasteiger partial charge is 0.363 e. The lowest BCUT2D eigenvalue weighted by Crippen LogP contribution is -2.37. The van der Waals surface area contributed by atoms with E-state index in [2.05, 4.69) is 21.9 Å². The minimum atomic E-state index is -3.39. The number of rotatable bonds is 7. The lowest BCUT2D eigenvalue weighted by Gasteiger charge is -2.21. The van der Waals surface area contributed by atoms with E-state index in [1.165, 1.54) is 0 Å². The smallest absolute Gasteiger partial charge is 0.242 e. The molecule has 3 N–H and O–H groups in total. The third-order valence-corrected chi connectivity index (χ3v) is 5.86. The Morgan fingerprint density at radius 2 is 2.15 bits per heavy atom. The van der Waals surface area contributed by atoms with Crippen molar-refractivity contribution >= 4 is 21.8 Å². The molecule has 1 aromatic heterocycles. The van der Waals surface area contributed by atoms with Crippen molar-refractivity contribution in [3.63, 3.8) is 0 Å². The van der Waals surface area contributed by atoms with E-state index in [4.69, 9.17) is 0 Å². The summed E-state index contributed by atoms with van der Waals surface area (Å²) >= 11 is 1.89. The lowest BCUT2D eigenvalue weighted by atomic mass is 10.2. The summed E-state index contributed by atoms with van der Waals surface area (Å²) in [6.07, 6.45) is 4.47. The zero-order chi connectivity index (χ0) is 14.4. The molecule has 0 aliphatic carbocycles. The van der Waals surface area contributed by atoms with E-state index >= 15 is 0 Å². The van der Waals surface area contributed by atoms with Crippen LogP contribution in [-0.4, -0.2) is 37.5 Å². The first-order chi connectivity index (χ1) is 9.62. The van der Waals surface area contributed by atoms with E-state index in [1.54, 1.807) is 12.3 Å². The molecule has 1 aromatic rings. The van der Waals surface area contributed by atoms with Gasteiger partial charge in [-0.05, 0) is 43.4 Å². The van der Waals surface area contributed by atoms with Crippen molar-refractivity contribution in [3.05, 3.63) is 18.0 Å². The van der Waals surface area contributed by atoms with Crippen molar-refractivity contribution in [2.24, 2.45) is 0 Å². The van der Waals surface area contributed by atoms with Crippen LogP contribution >= 0.6 is 11.8 Å². The predicted octanol–water partition coefficient (Wildman–Crippen LogP) is 1.69. The van der Waals surface area contributed by atoms with Crippen LogP contribution < -0.4 is 10.0 Å². The summed E-state index contributed by atoms with van der Waals surface area (Å²) in [6, 6.07) is 1.79. The molecule has 0 radical (unpaired) electrons. The molecule has 2 heterocycles. The van der Waals surface area contributed by atoms with Crippen LogP contribution in [0.25, 0.3) is 0 Å². The van der Waals surface area contributed by atoms with Crippen LogP contribution in [0, 0.1) is 0 Å². The van der Waals surface area contributed by atoms with Crippen molar-refractivity contribution in [1.29, 1.82) is 0 Å². The minimum Gasteiger partial charge on any atom is -0.363 e. The highest BCUT2D eigenvalue weighted by Crippen LogP contribution is 2.19. The van der Waals surface area contributed by atoms with E-state index in [0.29, 0.717) is 11.4 Å². The monoisotopic (exact) mass is 317 g/mol. The van der Waals surface area contributed by atoms with E-state index in [-0.39, 0.29) is 6.04 Å². The molecule has 5 nitrogen and oxygen atoms in total. The molecular formula is C13H23N3O2S2. The van der Waals surface area contributed by atoms with Gasteiger partial charge in [0.1, 0.15) is 0 Å². The summed E-state index contributed by atoms with van der Waals surface area (Å²) in [6.45, 7) is 3.70. The van der Waals surface area contributed by atoms with Crippen LogP contribution in [0.3, 0.4) is 0 Å². The lowest BCUT2D eigenvalue weighted by molar-refractivity contribution is 0.529. The van der Waals surface area contributed by atoms with Crippen LogP contribution in [0.5, 0.6) is 0 Å². The fourth-order valence-corrected chi connectivity index (χ4v) is 4.61. The highest BCUT2D eigenvalue weighted by molar-refractivity contribution is 7.99. The number of aromatic nitrogens is 1. The molecule has 7 heteroatoms. The fourth-order valence-electron chi connectivity index (χ4n) is 2.18. The first-order valence-electron chi connectivity index (χ1n) is 7.10. The van der Waals surface area contributed by atoms with E-state index in [1.807, 2.05) is 11.8 Å². The van der Waals surface area contributed by atoms with Gasteiger partial charge in [-0.2, -0.15) is 11.8 Å². The topological polar surface area (TPSA) is 74.0 Å².